The quantitative estimate of drug-likeness (QED) is 0.270. The highest BCUT2D eigenvalue weighted by Crippen LogP contribution is 2.46. The summed E-state index contributed by atoms with van der Waals surface area (Å²) in [7, 11) is 1.12. The van der Waals surface area contributed by atoms with E-state index < -0.39 is 47.6 Å². The number of halogens is 3. The van der Waals surface area contributed by atoms with Crippen LogP contribution >= 0.6 is 0 Å². The lowest BCUT2D eigenvalue weighted by Gasteiger charge is -2.33. The van der Waals surface area contributed by atoms with E-state index >= 15 is 0 Å². The number of esters is 2. The number of methoxy groups -OCH3 is 1. The van der Waals surface area contributed by atoms with E-state index in [4.69, 9.17) is 14.2 Å². The normalized spacial score (nSPS) is 17.8. The molecule has 0 bridgehead atoms. The van der Waals surface area contributed by atoms with Gasteiger partial charge in [0.15, 0.2) is 0 Å². The van der Waals surface area contributed by atoms with E-state index in [1.54, 1.807) is 26.0 Å². The van der Waals surface area contributed by atoms with Gasteiger partial charge in [-0.2, -0.15) is 13.2 Å². The average Bonchev–Trinajstić information content (AvgIpc) is 2.94. The molecule has 220 valence electrons. The van der Waals surface area contributed by atoms with Gasteiger partial charge in [-0.05, 0) is 50.8 Å². The first-order chi connectivity index (χ1) is 19.5. The zero-order chi connectivity index (χ0) is 30.2. The molecule has 11 heteroatoms. The summed E-state index contributed by atoms with van der Waals surface area (Å²) < 4.78 is 57.8. The summed E-state index contributed by atoms with van der Waals surface area (Å²) in [4.78, 5) is 43.2. The predicted octanol–water partition coefficient (Wildman–Crippen LogP) is 6.14. The third-order valence-electron chi connectivity index (χ3n) is 6.71. The van der Waals surface area contributed by atoms with E-state index in [2.05, 4.69) is 10.3 Å². The van der Waals surface area contributed by atoms with Gasteiger partial charge in [-0.25, -0.2) is 9.59 Å². The SMILES string of the molecule is CCOC(=O)NC(CCC1=C(C(=O)OCC)C(c2ccccc2C(F)(F)F)C(C(=O)OC)C(C)=N1)c1ccccc1. The van der Waals surface area contributed by atoms with Crippen molar-refractivity contribution in [2.75, 3.05) is 20.3 Å². The second kappa shape index (κ2) is 14.0. The fourth-order valence-electron chi connectivity index (χ4n) is 4.97. The van der Waals surface area contributed by atoms with Crippen molar-refractivity contribution in [3.63, 3.8) is 0 Å². The van der Waals surface area contributed by atoms with Crippen molar-refractivity contribution in [1.82, 2.24) is 5.32 Å². The van der Waals surface area contributed by atoms with E-state index in [0.29, 0.717) is 0 Å². The van der Waals surface area contributed by atoms with Crippen LogP contribution in [0.25, 0.3) is 0 Å². The molecule has 3 rings (SSSR count). The number of carbonyl (C=O) groups excluding carboxylic acids is 3. The van der Waals surface area contributed by atoms with Crippen molar-refractivity contribution >= 4 is 23.7 Å². The van der Waals surface area contributed by atoms with Crippen molar-refractivity contribution in [3.05, 3.63) is 82.6 Å². The molecule has 2 aromatic rings. The molecular weight excluding hydrogens is 541 g/mol. The van der Waals surface area contributed by atoms with Crippen LogP contribution in [0.15, 0.2) is 70.9 Å². The molecule has 3 atom stereocenters. The summed E-state index contributed by atoms with van der Waals surface area (Å²) in [5.74, 6) is -4.39. The number of nitrogens with zero attached hydrogens (tertiary/aromatic N) is 1. The van der Waals surface area contributed by atoms with Crippen molar-refractivity contribution < 1.29 is 41.8 Å². The first kappa shape index (κ1) is 31.4. The Bertz CT molecular complexity index is 1310. The number of rotatable bonds is 10. The molecule has 0 aromatic heterocycles. The molecule has 0 saturated heterocycles. The standard InChI is InChI=1S/C30H33F3N2O6/c1-5-40-28(37)26-23(17-16-22(35-29(38)41-6-2)19-12-8-7-9-13-19)34-18(3)24(27(36)39-4)25(26)20-14-10-11-15-21(20)30(31,32)33/h7-15,22,24-25H,5-6,16-17H2,1-4H3,(H,35,38). The van der Waals surface area contributed by atoms with Crippen LogP contribution in [0.5, 0.6) is 0 Å². The number of allylic oxidation sites excluding steroid dienone is 1. The Labute approximate surface area is 236 Å². The monoisotopic (exact) mass is 574 g/mol. The van der Waals surface area contributed by atoms with E-state index in [0.717, 1.165) is 18.7 Å². The Balaban J connectivity index is 2.18. The molecule has 0 saturated carbocycles. The van der Waals surface area contributed by atoms with Crippen LogP contribution in [0, 0.1) is 5.92 Å². The number of hydrogen-bond acceptors (Lipinski definition) is 7. The predicted molar refractivity (Wildman–Crippen MR) is 145 cm³/mol. The topological polar surface area (TPSA) is 103 Å². The summed E-state index contributed by atoms with van der Waals surface area (Å²) >= 11 is 0. The van der Waals surface area contributed by atoms with Gasteiger partial charge in [0.05, 0.1) is 43.2 Å². The summed E-state index contributed by atoms with van der Waals surface area (Å²) in [6.07, 6.45) is -5.13. The highest BCUT2D eigenvalue weighted by Gasteiger charge is 2.46. The number of alkyl halides is 3. The summed E-state index contributed by atoms with van der Waals surface area (Å²) in [5.41, 5.74) is -0.309. The fraction of sp³-hybridized carbons (Fsp3) is 0.400. The van der Waals surface area contributed by atoms with Crippen LogP contribution in [0.2, 0.25) is 0 Å². The number of ether oxygens (including phenoxy) is 3. The maximum absolute atomic E-state index is 14.2. The lowest BCUT2D eigenvalue weighted by Crippen LogP contribution is -2.37. The maximum atomic E-state index is 14.2. The number of alkyl carbamates (subject to hydrolysis) is 1. The van der Waals surface area contributed by atoms with Crippen LogP contribution in [-0.4, -0.2) is 44.1 Å². The van der Waals surface area contributed by atoms with Crippen molar-refractivity contribution in [1.29, 1.82) is 0 Å². The second-order valence-corrected chi connectivity index (χ2v) is 9.26. The fourth-order valence-corrected chi connectivity index (χ4v) is 4.97. The number of aliphatic imine (C=N–C) groups is 1. The van der Waals surface area contributed by atoms with Gasteiger partial charge in [-0.3, -0.25) is 9.79 Å². The van der Waals surface area contributed by atoms with Crippen LogP contribution in [0.3, 0.4) is 0 Å². The van der Waals surface area contributed by atoms with Gasteiger partial charge in [0, 0.05) is 11.6 Å². The van der Waals surface area contributed by atoms with Gasteiger partial charge >= 0.3 is 24.2 Å². The molecule has 0 fully saturated rings. The van der Waals surface area contributed by atoms with E-state index in [1.165, 1.54) is 25.1 Å². The highest BCUT2D eigenvalue weighted by molar-refractivity contribution is 6.07. The molecule has 8 nitrogen and oxygen atoms in total. The Hall–Kier alpha value is -4.15. The summed E-state index contributed by atoms with van der Waals surface area (Å²) in [5, 5.41) is 2.79. The molecular formula is C30H33F3N2O6. The Morgan fingerprint density at radius 2 is 1.61 bits per heavy atom. The second-order valence-electron chi connectivity index (χ2n) is 9.26. The average molecular weight is 575 g/mol. The van der Waals surface area contributed by atoms with E-state index in [1.807, 2.05) is 18.2 Å². The Morgan fingerprint density at radius 1 is 0.976 bits per heavy atom. The lowest BCUT2D eigenvalue weighted by molar-refractivity contribution is -0.145. The highest BCUT2D eigenvalue weighted by atomic mass is 19.4. The zero-order valence-electron chi connectivity index (χ0n) is 23.3. The molecule has 3 unspecified atom stereocenters. The molecule has 2 aromatic carbocycles. The smallest absolute Gasteiger partial charge is 0.416 e. The van der Waals surface area contributed by atoms with Gasteiger partial charge in [0.2, 0.25) is 0 Å². The van der Waals surface area contributed by atoms with Gasteiger partial charge in [-0.15, -0.1) is 0 Å². The van der Waals surface area contributed by atoms with E-state index in [-0.39, 0.29) is 48.6 Å². The molecule has 1 aliphatic rings. The minimum atomic E-state index is -4.76. The van der Waals surface area contributed by atoms with E-state index in [9.17, 15) is 27.6 Å². The van der Waals surface area contributed by atoms with Gasteiger partial charge in [-0.1, -0.05) is 48.5 Å². The Kier molecular flexibility index (Phi) is 10.7. The van der Waals surface area contributed by atoms with Crippen molar-refractivity contribution in [3.8, 4) is 0 Å². The number of amides is 1. The van der Waals surface area contributed by atoms with Crippen LogP contribution < -0.4 is 5.32 Å². The van der Waals surface area contributed by atoms with Gasteiger partial charge in [0.25, 0.3) is 0 Å². The molecule has 0 spiro atoms. The summed E-state index contributed by atoms with van der Waals surface area (Å²) in [6, 6.07) is 13.3. The zero-order valence-corrected chi connectivity index (χ0v) is 23.3. The third-order valence-corrected chi connectivity index (χ3v) is 6.71. The third kappa shape index (κ3) is 7.53. The summed E-state index contributed by atoms with van der Waals surface area (Å²) in [6.45, 7) is 4.86. The number of nitrogens with one attached hydrogen (secondary N) is 1. The minimum absolute atomic E-state index is 0.0497. The van der Waals surface area contributed by atoms with Crippen LogP contribution in [0.1, 0.15) is 62.3 Å². The first-order valence-electron chi connectivity index (χ1n) is 13.2. The molecule has 1 N–H and O–H groups in total. The molecule has 1 heterocycles. The van der Waals surface area contributed by atoms with Gasteiger partial charge < -0.3 is 19.5 Å². The molecule has 41 heavy (non-hydrogen) atoms. The Morgan fingerprint density at radius 3 is 2.22 bits per heavy atom. The molecule has 1 amide bonds. The minimum Gasteiger partial charge on any atom is -0.468 e. The van der Waals surface area contributed by atoms with Crippen LogP contribution in [-0.2, 0) is 30.0 Å². The maximum Gasteiger partial charge on any atom is 0.416 e. The largest absolute Gasteiger partial charge is 0.468 e. The number of hydrogen-bond donors (Lipinski definition) is 1. The number of benzene rings is 2. The molecule has 0 radical (unpaired) electrons. The van der Waals surface area contributed by atoms with Crippen LogP contribution in [0.4, 0.5) is 18.0 Å². The first-order valence-corrected chi connectivity index (χ1v) is 13.2. The lowest BCUT2D eigenvalue weighted by atomic mass is 9.73. The van der Waals surface area contributed by atoms with Gasteiger partial charge in [0.1, 0.15) is 5.92 Å². The molecule has 1 aliphatic heterocycles. The van der Waals surface area contributed by atoms with Crippen molar-refractivity contribution in [2.24, 2.45) is 10.9 Å². The van der Waals surface area contributed by atoms with Crippen molar-refractivity contribution in [2.45, 2.75) is 51.7 Å². The molecule has 0 aliphatic carbocycles. The number of carbonyl (C=O) groups is 3.